The Balaban J connectivity index is 1.93. The Morgan fingerprint density at radius 1 is 1.19 bits per heavy atom. The van der Waals surface area contributed by atoms with E-state index >= 15 is 0 Å². The highest BCUT2D eigenvalue weighted by Gasteiger charge is 2.19. The zero-order valence-electron chi connectivity index (χ0n) is 11.2. The second kappa shape index (κ2) is 6.08. The molecule has 0 bridgehead atoms. The number of para-hydroxylation sites is 1. The number of carbonyl (C=O) groups is 1. The Morgan fingerprint density at radius 3 is 2.71 bits per heavy atom. The molecule has 1 amide bonds. The van der Waals surface area contributed by atoms with E-state index in [-0.39, 0.29) is 5.91 Å². The third kappa shape index (κ3) is 2.82. The number of fused-ring (bicyclic) bond motifs is 1. The lowest BCUT2D eigenvalue weighted by molar-refractivity contribution is 0.0991. The summed E-state index contributed by atoms with van der Waals surface area (Å²) in [5.41, 5.74) is 0.828. The monoisotopic (exact) mass is 312 g/mol. The van der Waals surface area contributed by atoms with Crippen LogP contribution in [0.1, 0.15) is 16.1 Å². The minimum Gasteiger partial charge on any atom is -0.307 e. The van der Waals surface area contributed by atoms with Gasteiger partial charge in [-0.1, -0.05) is 18.2 Å². The van der Waals surface area contributed by atoms with Crippen LogP contribution in [0.25, 0.3) is 9.40 Å². The first-order valence-electron chi connectivity index (χ1n) is 6.50. The normalized spacial score (nSPS) is 10.4. The third-order valence-corrected chi connectivity index (χ3v) is 5.19. The minimum atomic E-state index is -0.0372. The Bertz CT molecular complexity index is 770. The first-order chi connectivity index (χ1) is 10.3. The van der Waals surface area contributed by atoms with Crippen molar-refractivity contribution in [3.63, 3.8) is 0 Å². The molecule has 3 rings (SSSR count). The molecule has 0 atom stereocenters. The Hall–Kier alpha value is -2.16. The Morgan fingerprint density at radius 2 is 2.00 bits per heavy atom. The number of carbonyl (C=O) groups excluding carboxylic acids is 1. The molecule has 0 saturated carbocycles. The summed E-state index contributed by atoms with van der Waals surface area (Å²) < 4.78 is 2.27. The number of benzene rings is 1. The molecule has 0 N–H and O–H groups in total. The van der Waals surface area contributed by atoms with Crippen LogP contribution in [0.2, 0.25) is 0 Å². The number of hydrogen-bond acceptors (Lipinski definition) is 4. The summed E-state index contributed by atoms with van der Waals surface area (Å²) in [6.07, 6.45) is 0.320. The molecular weight excluding hydrogens is 300 g/mol. The number of nitrogens with zero attached hydrogens (tertiary/aromatic N) is 2. The van der Waals surface area contributed by atoms with E-state index in [0.717, 1.165) is 20.0 Å². The maximum absolute atomic E-state index is 12.8. The Labute approximate surface area is 130 Å². The van der Waals surface area contributed by atoms with Gasteiger partial charge in [-0.25, -0.2) is 0 Å². The minimum absolute atomic E-state index is 0.0372. The average molecular weight is 312 g/mol. The maximum atomic E-state index is 12.8. The zero-order valence-corrected chi connectivity index (χ0v) is 12.8. The van der Waals surface area contributed by atoms with E-state index in [1.54, 1.807) is 16.2 Å². The molecule has 104 valence electrons. The highest BCUT2D eigenvalue weighted by Crippen LogP contribution is 2.31. The number of hydrogen-bond donors (Lipinski definition) is 0. The maximum Gasteiger partial charge on any atom is 0.268 e. The van der Waals surface area contributed by atoms with Gasteiger partial charge in [-0.3, -0.25) is 4.79 Å². The van der Waals surface area contributed by atoms with Crippen LogP contribution in [-0.2, 0) is 0 Å². The van der Waals surface area contributed by atoms with Crippen LogP contribution in [-0.4, -0.2) is 12.5 Å². The molecule has 0 aliphatic heterocycles. The van der Waals surface area contributed by atoms with Crippen molar-refractivity contribution in [3.8, 4) is 6.07 Å². The topological polar surface area (TPSA) is 44.1 Å². The van der Waals surface area contributed by atoms with Crippen molar-refractivity contribution >= 4 is 43.7 Å². The van der Waals surface area contributed by atoms with Gasteiger partial charge in [0.25, 0.3) is 5.91 Å². The summed E-state index contributed by atoms with van der Waals surface area (Å²) in [4.78, 5) is 15.2. The van der Waals surface area contributed by atoms with Gasteiger partial charge in [-0.05, 0) is 29.6 Å². The van der Waals surface area contributed by atoms with Crippen molar-refractivity contribution in [1.82, 2.24) is 0 Å². The predicted octanol–water partition coefficient (Wildman–Crippen LogP) is 4.52. The van der Waals surface area contributed by atoms with Gasteiger partial charge in [0.1, 0.15) is 0 Å². The molecule has 3 aromatic rings. The van der Waals surface area contributed by atoms with Gasteiger partial charge in [0.2, 0.25) is 0 Å². The number of rotatable bonds is 4. The van der Waals surface area contributed by atoms with Gasteiger partial charge >= 0.3 is 0 Å². The molecule has 2 heterocycles. The molecule has 0 spiro atoms. The van der Waals surface area contributed by atoms with E-state index in [1.165, 1.54) is 11.3 Å². The van der Waals surface area contributed by atoms with Crippen LogP contribution >= 0.6 is 22.7 Å². The first kappa shape index (κ1) is 13.8. The molecular formula is C16H12N2OS2. The summed E-state index contributed by atoms with van der Waals surface area (Å²) >= 11 is 3.14. The van der Waals surface area contributed by atoms with Crippen LogP contribution in [0, 0.1) is 11.3 Å². The molecule has 0 radical (unpaired) electrons. The molecule has 0 unspecified atom stereocenters. The molecule has 1 aromatic carbocycles. The summed E-state index contributed by atoms with van der Waals surface area (Å²) in [5.74, 6) is -0.0372. The highest BCUT2D eigenvalue weighted by molar-refractivity contribution is 7.27. The number of nitriles is 1. The fraction of sp³-hybridized carbons (Fsp3) is 0.125. The molecule has 2 aromatic heterocycles. The zero-order chi connectivity index (χ0) is 14.7. The van der Waals surface area contributed by atoms with Crippen LogP contribution in [0.4, 0.5) is 5.69 Å². The van der Waals surface area contributed by atoms with Crippen molar-refractivity contribution < 1.29 is 4.79 Å². The van der Waals surface area contributed by atoms with Gasteiger partial charge in [0.15, 0.2) is 0 Å². The summed E-state index contributed by atoms with van der Waals surface area (Å²) in [6, 6.07) is 15.6. The van der Waals surface area contributed by atoms with Gasteiger partial charge in [0, 0.05) is 21.6 Å². The highest BCUT2D eigenvalue weighted by atomic mass is 32.1. The second-order valence-electron chi connectivity index (χ2n) is 4.46. The predicted molar refractivity (Wildman–Crippen MR) is 88.1 cm³/mol. The van der Waals surface area contributed by atoms with E-state index in [4.69, 9.17) is 5.26 Å². The lowest BCUT2D eigenvalue weighted by atomic mass is 10.2. The van der Waals surface area contributed by atoms with Crippen LogP contribution in [0.5, 0.6) is 0 Å². The van der Waals surface area contributed by atoms with Crippen molar-refractivity contribution in [3.05, 3.63) is 52.7 Å². The second-order valence-corrected chi connectivity index (χ2v) is 6.49. The molecule has 3 nitrogen and oxygen atoms in total. The van der Waals surface area contributed by atoms with Crippen molar-refractivity contribution in [2.24, 2.45) is 0 Å². The van der Waals surface area contributed by atoms with Gasteiger partial charge in [-0.15, -0.1) is 22.7 Å². The van der Waals surface area contributed by atoms with Crippen LogP contribution in [0.3, 0.4) is 0 Å². The Kier molecular flexibility index (Phi) is 4.00. The van der Waals surface area contributed by atoms with Gasteiger partial charge in [0.05, 0.1) is 17.4 Å². The average Bonchev–Trinajstić information content (AvgIpc) is 3.10. The quantitative estimate of drug-likeness (QED) is 0.710. The third-order valence-electron chi connectivity index (χ3n) is 3.11. The lowest BCUT2D eigenvalue weighted by Gasteiger charge is -2.20. The summed E-state index contributed by atoms with van der Waals surface area (Å²) in [6.45, 7) is 0.408. The lowest BCUT2D eigenvalue weighted by Crippen LogP contribution is -2.31. The van der Waals surface area contributed by atoms with E-state index in [2.05, 4.69) is 6.07 Å². The fourth-order valence-electron chi connectivity index (χ4n) is 2.12. The SMILES string of the molecule is N#CCCN(C(=O)c1cc2sccc2s1)c1ccccc1. The van der Waals surface area contributed by atoms with Gasteiger partial charge in [-0.2, -0.15) is 5.26 Å². The van der Waals surface area contributed by atoms with Crippen molar-refractivity contribution in [2.75, 3.05) is 11.4 Å². The van der Waals surface area contributed by atoms with Crippen molar-refractivity contribution in [2.45, 2.75) is 6.42 Å². The van der Waals surface area contributed by atoms with Crippen LogP contribution in [0.15, 0.2) is 47.8 Å². The molecule has 0 aliphatic carbocycles. The first-order valence-corrected chi connectivity index (χ1v) is 8.20. The molecule has 0 saturated heterocycles. The molecule has 5 heteroatoms. The number of anilines is 1. The molecule has 0 fully saturated rings. The van der Waals surface area contributed by atoms with Gasteiger partial charge < -0.3 is 4.90 Å². The smallest absolute Gasteiger partial charge is 0.268 e. The van der Waals surface area contributed by atoms with E-state index in [0.29, 0.717) is 13.0 Å². The van der Waals surface area contributed by atoms with E-state index in [9.17, 15) is 4.79 Å². The molecule has 21 heavy (non-hydrogen) atoms. The summed E-state index contributed by atoms with van der Waals surface area (Å²) in [7, 11) is 0. The largest absolute Gasteiger partial charge is 0.307 e. The fourth-order valence-corrected chi connectivity index (χ4v) is 4.18. The molecule has 0 aliphatic rings. The standard InChI is InChI=1S/C16H12N2OS2/c17-8-4-9-18(12-5-2-1-3-6-12)16(19)15-11-14-13(21-15)7-10-20-14/h1-3,5-7,10-11H,4,9H2. The van der Waals surface area contributed by atoms with Crippen molar-refractivity contribution in [1.29, 1.82) is 5.26 Å². The number of amides is 1. The number of thiophene rings is 2. The summed E-state index contributed by atoms with van der Waals surface area (Å²) in [5, 5.41) is 10.8. The van der Waals surface area contributed by atoms with E-state index < -0.39 is 0 Å². The van der Waals surface area contributed by atoms with Crippen LogP contribution < -0.4 is 4.90 Å². The van der Waals surface area contributed by atoms with E-state index in [1.807, 2.05) is 47.8 Å².